The number of para-hydroxylation sites is 1. The Morgan fingerprint density at radius 3 is 3.00 bits per heavy atom. The molecule has 0 spiro atoms. The number of hydrogen-bond donors (Lipinski definition) is 2. The lowest BCUT2D eigenvalue weighted by atomic mass is 10.1. The molecule has 2 N–H and O–H groups in total. The molecule has 128 valence electrons. The van der Waals surface area contributed by atoms with E-state index in [0.717, 1.165) is 28.7 Å². The summed E-state index contributed by atoms with van der Waals surface area (Å²) in [5.41, 5.74) is 1.15. The SMILES string of the molecule is O=c1[nH]c(=O)n(CC2CCCO2)c(O)c1/C=C1\C=Nc2ccccc21. The Balaban J connectivity index is 1.78. The number of hydrogen-bond acceptors (Lipinski definition) is 5. The van der Waals surface area contributed by atoms with Gasteiger partial charge in [-0.2, -0.15) is 0 Å². The summed E-state index contributed by atoms with van der Waals surface area (Å²) in [6, 6.07) is 7.52. The normalized spacial score (nSPS) is 20.3. The van der Waals surface area contributed by atoms with Crippen molar-refractivity contribution in [3.63, 3.8) is 0 Å². The van der Waals surface area contributed by atoms with Gasteiger partial charge < -0.3 is 9.84 Å². The maximum Gasteiger partial charge on any atom is 0.331 e. The van der Waals surface area contributed by atoms with Crippen LogP contribution < -0.4 is 11.2 Å². The highest BCUT2D eigenvalue weighted by atomic mass is 16.5. The number of nitrogens with zero attached hydrogens (tertiary/aromatic N) is 2. The molecule has 1 aromatic carbocycles. The predicted molar refractivity (Wildman–Crippen MR) is 94.4 cm³/mol. The molecule has 2 aliphatic rings. The number of H-pyrrole nitrogens is 1. The molecule has 1 unspecified atom stereocenters. The van der Waals surface area contributed by atoms with Gasteiger partial charge in [0.1, 0.15) is 5.56 Å². The number of aromatic amines is 1. The van der Waals surface area contributed by atoms with Gasteiger partial charge >= 0.3 is 5.69 Å². The molecule has 1 aromatic heterocycles. The Bertz CT molecular complexity index is 994. The Morgan fingerprint density at radius 1 is 1.36 bits per heavy atom. The van der Waals surface area contributed by atoms with Crippen molar-refractivity contribution < 1.29 is 9.84 Å². The molecule has 2 aromatic rings. The smallest absolute Gasteiger partial charge is 0.331 e. The highest BCUT2D eigenvalue weighted by Gasteiger charge is 2.21. The molecule has 25 heavy (non-hydrogen) atoms. The largest absolute Gasteiger partial charge is 0.494 e. The number of fused-ring (bicyclic) bond motifs is 1. The van der Waals surface area contributed by atoms with Gasteiger partial charge in [0.05, 0.1) is 18.3 Å². The van der Waals surface area contributed by atoms with Gasteiger partial charge in [-0.3, -0.25) is 19.3 Å². The minimum Gasteiger partial charge on any atom is -0.494 e. The summed E-state index contributed by atoms with van der Waals surface area (Å²) < 4.78 is 6.67. The first-order valence-electron chi connectivity index (χ1n) is 8.16. The van der Waals surface area contributed by atoms with E-state index in [2.05, 4.69) is 9.98 Å². The first-order valence-corrected chi connectivity index (χ1v) is 8.16. The molecule has 0 bridgehead atoms. The summed E-state index contributed by atoms with van der Waals surface area (Å²) in [7, 11) is 0. The highest BCUT2D eigenvalue weighted by Crippen LogP contribution is 2.32. The Kier molecular flexibility index (Phi) is 3.85. The van der Waals surface area contributed by atoms with E-state index in [0.29, 0.717) is 12.2 Å². The maximum absolute atomic E-state index is 12.2. The van der Waals surface area contributed by atoms with Crippen LogP contribution in [0.3, 0.4) is 0 Å². The predicted octanol–water partition coefficient (Wildman–Crippen LogP) is 1.68. The van der Waals surface area contributed by atoms with Crippen molar-refractivity contribution in [1.82, 2.24) is 9.55 Å². The van der Waals surface area contributed by atoms with Gasteiger partial charge in [-0.05, 0) is 25.0 Å². The molecule has 1 saturated heterocycles. The van der Waals surface area contributed by atoms with Crippen LogP contribution >= 0.6 is 0 Å². The molecule has 3 heterocycles. The van der Waals surface area contributed by atoms with Crippen molar-refractivity contribution in [1.29, 1.82) is 0 Å². The Labute approximate surface area is 142 Å². The number of ether oxygens (including phenoxy) is 1. The third-order valence-corrected chi connectivity index (χ3v) is 4.47. The lowest BCUT2D eigenvalue weighted by Gasteiger charge is -2.14. The van der Waals surface area contributed by atoms with Crippen molar-refractivity contribution in [3.05, 3.63) is 56.2 Å². The second kappa shape index (κ2) is 6.18. The zero-order chi connectivity index (χ0) is 17.4. The summed E-state index contributed by atoms with van der Waals surface area (Å²) in [4.78, 5) is 30.8. The van der Waals surface area contributed by atoms with Crippen LogP contribution in [0, 0.1) is 0 Å². The zero-order valence-electron chi connectivity index (χ0n) is 13.4. The molecular formula is C18H17N3O4. The number of aliphatic imine (C=N–C) groups is 1. The fourth-order valence-corrected chi connectivity index (χ4v) is 3.18. The van der Waals surface area contributed by atoms with E-state index >= 15 is 0 Å². The molecule has 0 amide bonds. The van der Waals surface area contributed by atoms with Gasteiger partial charge in [0, 0.05) is 24.0 Å². The minimum atomic E-state index is -0.638. The van der Waals surface area contributed by atoms with Crippen LogP contribution in [-0.4, -0.2) is 33.6 Å². The fraction of sp³-hybridized carbons (Fsp3) is 0.278. The van der Waals surface area contributed by atoms with Gasteiger partial charge in [-0.15, -0.1) is 0 Å². The van der Waals surface area contributed by atoms with Gasteiger partial charge in [-0.1, -0.05) is 18.2 Å². The van der Waals surface area contributed by atoms with E-state index in [1.807, 2.05) is 24.3 Å². The Morgan fingerprint density at radius 2 is 2.20 bits per heavy atom. The summed E-state index contributed by atoms with van der Waals surface area (Å²) >= 11 is 0. The monoisotopic (exact) mass is 339 g/mol. The van der Waals surface area contributed by atoms with E-state index in [-0.39, 0.29) is 24.1 Å². The lowest BCUT2D eigenvalue weighted by Crippen LogP contribution is -2.34. The van der Waals surface area contributed by atoms with Crippen LogP contribution in [0.5, 0.6) is 5.88 Å². The highest BCUT2D eigenvalue weighted by molar-refractivity contribution is 6.21. The summed E-state index contributed by atoms with van der Waals surface area (Å²) in [6.45, 7) is 0.857. The molecule has 0 aliphatic carbocycles. The van der Waals surface area contributed by atoms with E-state index in [1.165, 1.54) is 0 Å². The number of aromatic hydroxyl groups is 1. The molecule has 1 fully saturated rings. The third-order valence-electron chi connectivity index (χ3n) is 4.47. The van der Waals surface area contributed by atoms with E-state index < -0.39 is 11.2 Å². The molecule has 7 nitrogen and oxygen atoms in total. The van der Waals surface area contributed by atoms with Crippen molar-refractivity contribution >= 4 is 23.6 Å². The second-order valence-electron chi connectivity index (χ2n) is 6.12. The molecule has 0 radical (unpaired) electrons. The summed E-state index contributed by atoms with van der Waals surface area (Å²) in [5, 5.41) is 10.5. The summed E-state index contributed by atoms with van der Waals surface area (Å²) in [5.74, 6) is -0.352. The third kappa shape index (κ3) is 2.83. The van der Waals surface area contributed by atoms with Crippen molar-refractivity contribution in [2.24, 2.45) is 4.99 Å². The lowest BCUT2D eigenvalue weighted by molar-refractivity contribution is 0.0934. The van der Waals surface area contributed by atoms with Crippen molar-refractivity contribution in [2.75, 3.05) is 6.61 Å². The molecule has 2 aliphatic heterocycles. The first kappa shape index (κ1) is 15.6. The average molecular weight is 339 g/mol. The summed E-state index contributed by atoms with van der Waals surface area (Å²) in [6.07, 6.45) is 4.80. The van der Waals surface area contributed by atoms with Crippen LogP contribution in [-0.2, 0) is 11.3 Å². The van der Waals surface area contributed by atoms with E-state index in [9.17, 15) is 14.7 Å². The number of aromatic nitrogens is 2. The molecule has 7 heteroatoms. The number of rotatable bonds is 3. The van der Waals surface area contributed by atoms with E-state index in [4.69, 9.17) is 4.74 Å². The fourth-order valence-electron chi connectivity index (χ4n) is 3.18. The van der Waals surface area contributed by atoms with Gasteiger partial charge in [-0.25, -0.2) is 4.79 Å². The standard InChI is InChI=1S/C18H17N3O4/c22-16-14(8-11-9-19-15-6-2-1-5-13(11)15)17(23)21(18(24)20-16)10-12-4-3-7-25-12/h1-2,5-6,8-9,12,23H,3-4,7,10H2,(H,20,22,24)/b11-8+. The number of allylic oxidation sites excluding steroid dienone is 1. The van der Waals surface area contributed by atoms with Crippen LogP contribution in [0.15, 0.2) is 38.8 Å². The second-order valence-corrected chi connectivity index (χ2v) is 6.12. The zero-order valence-corrected chi connectivity index (χ0v) is 13.4. The molecule has 0 saturated carbocycles. The first-order chi connectivity index (χ1) is 12.1. The van der Waals surface area contributed by atoms with Crippen molar-refractivity contribution in [2.45, 2.75) is 25.5 Å². The van der Waals surface area contributed by atoms with Crippen LogP contribution in [0.2, 0.25) is 0 Å². The topological polar surface area (TPSA) is 96.7 Å². The van der Waals surface area contributed by atoms with Crippen molar-refractivity contribution in [3.8, 4) is 5.88 Å². The number of benzene rings is 1. The van der Waals surface area contributed by atoms with Gasteiger partial charge in [0.25, 0.3) is 5.56 Å². The molecular weight excluding hydrogens is 322 g/mol. The number of nitrogens with one attached hydrogen (secondary N) is 1. The quantitative estimate of drug-likeness (QED) is 0.889. The molecule has 4 rings (SSSR count). The van der Waals surface area contributed by atoms with E-state index in [1.54, 1.807) is 12.3 Å². The van der Waals surface area contributed by atoms with Crippen LogP contribution in [0.25, 0.3) is 11.6 Å². The average Bonchev–Trinajstić information content (AvgIpc) is 3.25. The van der Waals surface area contributed by atoms with Crippen LogP contribution in [0.4, 0.5) is 5.69 Å². The maximum atomic E-state index is 12.2. The van der Waals surface area contributed by atoms with Gasteiger partial charge in [0.15, 0.2) is 0 Å². The van der Waals surface area contributed by atoms with Gasteiger partial charge in [0.2, 0.25) is 5.88 Å². The molecule has 1 atom stereocenters. The minimum absolute atomic E-state index is 0.0377. The Hall–Kier alpha value is -2.93. The van der Waals surface area contributed by atoms with Crippen LogP contribution in [0.1, 0.15) is 24.0 Å².